The Labute approximate surface area is 129 Å². The van der Waals surface area contributed by atoms with Gasteiger partial charge in [0.2, 0.25) is 0 Å². The van der Waals surface area contributed by atoms with Gasteiger partial charge in [-0.2, -0.15) is 0 Å². The Bertz CT molecular complexity index is 493. The molecule has 3 nitrogen and oxygen atoms in total. The molecule has 1 saturated carbocycles. The van der Waals surface area contributed by atoms with E-state index < -0.39 is 0 Å². The zero-order valence-electron chi connectivity index (χ0n) is 11.5. The van der Waals surface area contributed by atoms with Crippen LogP contribution in [0.5, 0.6) is 0 Å². The maximum atomic E-state index is 12.3. The Kier molecular flexibility index (Phi) is 5.44. The standard InChI is InChI=1S/C15H19Cl2NO2/c1-18(13-4-2-3-5-14(13)19)9-15(20)11-8-10(16)6-7-12(11)17/h6-8,13-14,19H,2-5,9H2,1H3. The lowest BCUT2D eigenvalue weighted by Gasteiger charge is -2.34. The number of carbonyl (C=O) groups is 1. The average Bonchev–Trinajstić information content (AvgIpc) is 2.41. The molecule has 0 spiro atoms. The molecule has 0 amide bonds. The Hall–Kier alpha value is -0.610. The molecule has 5 heteroatoms. The van der Waals surface area contributed by atoms with E-state index in [0.717, 1.165) is 25.7 Å². The van der Waals surface area contributed by atoms with Gasteiger partial charge in [0, 0.05) is 16.6 Å². The van der Waals surface area contributed by atoms with Crippen molar-refractivity contribution in [2.75, 3.05) is 13.6 Å². The van der Waals surface area contributed by atoms with Gasteiger partial charge in [-0.1, -0.05) is 36.0 Å². The lowest BCUT2D eigenvalue weighted by Crippen LogP contribution is -2.45. The smallest absolute Gasteiger partial charge is 0.178 e. The molecule has 2 unspecified atom stereocenters. The number of likely N-dealkylation sites (N-methyl/N-ethyl adjacent to an activating group) is 1. The molecule has 1 fully saturated rings. The molecular formula is C15H19Cl2NO2. The number of nitrogens with zero attached hydrogens (tertiary/aromatic N) is 1. The van der Waals surface area contributed by atoms with Gasteiger partial charge in [-0.05, 0) is 38.1 Å². The quantitative estimate of drug-likeness (QED) is 0.866. The molecule has 0 bridgehead atoms. The summed E-state index contributed by atoms with van der Waals surface area (Å²) in [5, 5.41) is 10.9. The fraction of sp³-hybridized carbons (Fsp3) is 0.533. The first-order chi connectivity index (χ1) is 9.49. The molecule has 0 aromatic heterocycles. The topological polar surface area (TPSA) is 40.5 Å². The van der Waals surface area contributed by atoms with Crippen molar-refractivity contribution < 1.29 is 9.90 Å². The number of Topliss-reactive ketones (excluding diaryl/α,β-unsaturated/α-hetero) is 1. The van der Waals surface area contributed by atoms with Crippen LogP contribution in [0.15, 0.2) is 18.2 Å². The van der Waals surface area contributed by atoms with Crippen molar-refractivity contribution in [1.29, 1.82) is 0 Å². The number of carbonyl (C=O) groups excluding carboxylic acids is 1. The minimum atomic E-state index is -0.351. The summed E-state index contributed by atoms with van der Waals surface area (Å²) in [6.07, 6.45) is 3.53. The largest absolute Gasteiger partial charge is 0.391 e. The van der Waals surface area contributed by atoms with Crippen molar-refractivity contribution in [3.8, 4) is 0 Å². The molecule has 20 heavy (non-hydrogen) atoms. The van der Waals surface area contributed by atoms with Gasteiger partial charge in [-0.3, -0.25) is 9.69 Å². The van der Waals surface area contributed by atoms with Crippen LogP contribution in [0.1, 0.15) is 36.0 Å². The first-order valence-corrected chi connectivity index (χ1v) is 7.61. The van der Waals surface area contributed by atoms with Gasteiger partial charge in [-0.15, -0.1) is 0 Å². The normalized spacial score (nSPS) is 23.1. The van der Waals surface area contributed by atoms with Crippen molar-refractivity contribution >= 4 is 29.0 Å². The molecule has 2 atom stereocenters. The summed E-state index contributed by atoms with van der Waals surface area (Å²) in [6, 6.07) is 4.94. The molecule has 110 valence electrons. The minimum Gasteiger partial charge on any atom is -0.391 e. The third-order valence-electron chi connectivity index (χ3n) is 3.88. The SMILES string of the molecule is CN(CC(=O)c1cc(Cl)ccc1Cl)C1CCCCC1O. The number of aliphatic hydroxyl groups excluding tert-OH is 1. The Morgan fingerprint density at radius 1 is 1.35 bits per heavy atom. The fourth-order valence-corrected chi connectivity index (χ4v) is 3.14. The van der Waals surface area contributed by atoms with E-state index in [0.29, 0.717) is 15.6 Å². The number of aliphatic hydroxyl groups is 1. The van der Waals surface area contributed by atoms with Gasteiger partial charge in [-0.25, -0.2) is 0 Å². The summed E-state index contributed by atoms with van der Waals surface area (Å²) in [7, 11) is 1.87. The summed E-state index contributed by atoms with van der Waals surface area (Å²) in [5.41, 5.74) is 0.441. The molecule has 1 aliphatic carbocycles. The molecule has 0 radical (unpaired) electrons. The zero-order chi connectivity index (χ0) is 14.7. The fourth-order valence-electron chi connectivity index (χ4n) is 2.75. The third kappa shape index (κ3) is 3.73. The van der Waals surface area contributed by atoms with Crippen LogP contribution in [0.3, 0.4) is 0 Å². The third-order valence-corrected chi connectivity index (χ3v) is 4.45. The van der Waals surface area contributed by atoms with Crippen molar-refractivity contribution in [3.63, 3.8) is 0 Å². The van der Waals surface area contributed by atoms with E-state index in [1.165, 1.54) is 0 Å². The predicted molar refractivity (Wildman–Crippen MR) is 81.7 cm³/mol. The highest BCUT2D eigenvalue weighted by Crippen LogP contribution is 2.24. The van der Waals surface area contributed by atoms with Crippen molar-refractivity contribution in [3.05, 3.63) is 33.8 Å². The second-order valence-corrected chi connectivity index (χ2v) is 6.23. The van der Waals surface area contributed by atoms with Crippen LogP contribution in [0.4, 0.5) is 0 Å². The summed E-state index contributed by atoms with van der Waals surface area (Å²) in [6.45, 7) is 0.238. The van der Waals surface area contributed by atoms with Gasteiger partial charge in [0.05, 0.1) is 17.7 Å². The molecule has 0 saturated heterocycles. The highest BCUT2D eigenvalue weighted by atomic mass is 35.5. The molecule has 1 aromatic rings. The Morgan fingerprint density at radius 3 is 2.75 bits per heavy atom. The zero-order valence-corrected chi connectivity index (χ0v) is 13.0. The van der Waals surface area contributed by atoms with Crippen molar-refractivity contribution in [1.82, 2.24) is 4.90 Å². The first kappa shape index (κ1) is 15.8. The molecule has 0 heterocycles. The number of hydrogen-bond donors (Lipinski definition) is 1. The van der Waals surface area contributed by atoms with Crippen LogP contribution in [0, 0.1) is 0 Å². The molecule has 0 aliphatic heterocycles. The minimum absolute atomic E-state index is 0.0469. The van der Waals surface area contributed by atoms with E-state index in [1.807, 2.05) is 11.9 Å². The van der Waals surface area contributed by atoms with Gasteiger partial charge in [0.1, 0.15) is 0 Å². The average molecular weight is 316 g/mol. The highest BCUT2D eigenvalue weighted by Gasteiger charge is 2.28. The van der Waals surface area contributed by atoms with Crippen LogP contribution in [0.2, 0.25) is 10.0 Å². The van der Waals surface area contributed by atoms with Gasteiger partial charge >= 0.3 is 0 Å². The number of rotatable bonds is 4. The van der Waals surface area contributed by atoms with Crippen LogP contribution >= 0.6 is 23.2 Å². The molecule has 1 aliphatic rings. The van der Waals surface area contributed by atoms with E-state index in [4.69, 9.17) is 23.2 Å². The monoisotopic (exact) mass is 315 g/mol. The van der Waals surface area contributed by atoms with Crippen LogP contribution in [-0.2, 0) is 0 Å². The van der Waals surface area contributed by atoms with Crippen molar-refractivity contribution in [2.24, 2.45) is 0 Å². The van der Waals surface area contributed by atoms with E-state index >= 15 is 0 Å². The van der Waals surface area contributed by atoms with E-state index in [1.54, 1.807) is 18.2 Å². The maximum absolute atomic E-state index is 12.3. The van der Waals surface area contributed by atoms with Gasteiger partial charge < -0.3 is 5.11 Å². The van der Waals surface area contributed by atoms with Crippen LogP contribution < -0.4 is 0 Å². The van der Waals surface area contributed by atoms with E-state index in [-0.39, 0.29) is 24.5 Å². The second-order valence-electron chi connectivity index (χ2n) is 5.38. The molecule has 1 aromatic carbocycles. The number of ketones is 1. The van der Waals surface area contributed by atoms with Crippen molar-refractivity contribution in [2.45, 2.75) is 37.8 Å². The number of halogens is 2. The summed E-state index contributed by atoms with van der Waals surface area (Å²) in [5.74, 6) is -0.0715. The summed E-state index contributed by atoms with van der Waals surface area (Å²) < 4.78 is 0. The van der Waals surface area contributed by atoms with E-state index in [2.05, 4.69) is 0 Å². The predicted octanol–water partition coefficient (Wildman–Crippen LogP) is 3.41. The van der Waals surface area contributed by atoms with Gasteiger partial charge in [0.25, 0.3) is 0 Å². The number of benzene rings is 1. The Morgan fingerprint density at radius 2 is 2.05 bits per heavy atom. The molecule has 2 rings (SSSR count). The summed E-state index contributed by atoms with van der Waals surface area (Å²) >= 11 is 11.9. The maximum Gasteiger partial charge on any atom is 0.178 e. The molecular weight excluding hydrogens is 297 g/mol. The highest BCUT2D eigenvalue weighted by molar-refractivity contribution is 6.36. The number of hydrogen-bond acceptors (Lipinski definition) is 3. The summed E-state index contributed by atoms with van der Waals surface area (Å²) in [4.78, 5) is 14.2. The Balaban J connectivity index is 2.05. The lowest BCUT2D eigenvalue weighted by atomic mass is 9.91. The van der Waals surface area contributed by atoms with Crippen LogP contribution in [0.25, 0.3) is 0 Å². The second kappa shape index (κ2) is 6.90. The van der Waals surface area contributed by atoms with Gasteiger partial charge in [0.15, 0.2) is 5.78 Å². The first-order valence-electron chi connectivity index (χ1n) is 6.85. The molecule has 1 N–H and O–H groups in total. The lowest BCUT2D eigenvalue weighted by molar-refractivity contribution is 0.0322. The van der Waals surface area contributed by atoms with E-state index in [9.17, 15) is 9.90 Å². The van der Waals surface area contributed by atoms with Crippen LogP contribution in [-0.4, -0.2) is 41.5 Å².